The lowest BCUT2D eigenvalue weighted by Gasteiger charge is -2.31. The van der Waals surface area contributed by atoms with Gasteiger partial charge in [-0.05, 0) is 25.7 Å². The summed E-state index contributed by atoms with van der Waals surface area (Å²) >= 11 is 5.86. The van der Waals surface area contributed by atoms with Gasteiger partial charge in [0, 0.05) is 18.5 Å². The molecule has 3 nitrogen and oxygen atoms in total. The second-order valence-corrected chi connectivity index (χ2v) is 6.31. The lowest BCUT2D eigenvalue weighted by Crippen LogP contribution is -2.42. The Balaban J connectivity index is 2.58. The first kappa shape index (κ1) is 13.1. The first-order valence-corrected chi connectivity index (χ1v) is 6.71. The van der Waals surface area contributed by atoms with Crippen molar-refractivity contribution in [2.45, 2.75) is 30.9 Å². The largest absolute Gasteiger partial charge is 0.350 e. The highest BCUT2D eigenvalue weighted by Gasteiger charge is 2.35. The monoisotopic (exact) mass is 261 g/mol. The van der Waals surface area contributed by atoms with E-state index in [1.165, 1.54) is 0 Å². The van der Waals surface area contributed by atoms with Crippen LogP contribution in [-0.2, 0) is 10.0 Å². The van der Waals surface area contributed by atoms with Crippen LogP contribution in [-0.4, -0.2) is 36.9 Å². The smallest absolute Gasteiger partial charge is 0.206 e. The van der Waals surface area contributed by atoms with Crippen molar-refractivity contribution in [1.29, 1.82) is 0 Å². The van der Waals surface area contributed by atoms with Gasteiger partial charge in [0.2, 0.25) is 0 Å². The summed E-state index contributed by atoms with van der Waals surface area (Å²) < 4.78 is 47.5. The van der Waals surface area contributed by atoms with E-state index in [2.05, 4.69) is 0 Å². The first-order valence-electron chi connectivity index (χ1n) is 4.77. The normalized spacial score (nSPS) is 23.3. The Morgan fingerprint density at radius 3 is 2.13 bits per heavy atom. The molecule has 7 heteroatoms. The molecule has 1 aliphatic rings. The Bertz CT molecular complexity index is 300. The van der Waals surface area contributed by atoms with Crippen LogP contribution in [0.2, 0.25) is 0 Å². The zero-order valence-electron chi connectivity index (χ0n) is 8.37. The first-order chi connectivity index (χ1) is 6.85. The Morgan fingerprint density at radius 1 is 1.33 bits per heavy atom. The van der Waals surface area contributed by atoms with Gasteiger partial charge in [-0.3, -0.25) is 0 Å². The van der Waals surface area contributed by atoms with Crippen molar-refractivity contribution < 1.29 is 17.2 Å². The quantitative estimate of drug-likeness (QED) is 0.728. The average molecular weight is 262 g/mol. The lowest BCUT2D eigenvalue weighted by molar-refractivity contribution is 0.203. The highest BCUT2D eigenvalue weighted by Crippen LogP contribution is 2.26. The molecule has 1 atom stereocenters. The summed E-state index contributed by atoms with van der Waals surface area (Å²) in [7, 11) is -4.39. The fraction of sp³-hybridized carbons (Fsp3) is 1.00. The summed E-state index contributed by atoms with van der Waals surface area (Å²) in [5, 5.41) is -0.0404. The Kier molecular flexibility index (Phi) is 4.31. The predicted molar refractivity (Wildman–Crippen MR) is 54.5 cm³/mol. The van der Waals surface area contributed by atoms with Crippen LogP contribution in [0.3, 0.4) is 0 Å². The minimum atomic E-state index is -4.39. The van der Waals surface area contributed by atoms with Crippen LogP contribution in [0.25, 0.3) is 0 Å². The minimum absolute atomic E-state index is 0.0404. The van der Waals surface area contributed by atoms with Gasteiger partial charge in [0.25, 0.3) is 10.0 Å². The van der Waals surface area contributed by atoms with Crippen molar-refractivity contribution in [1.82, 2.24) is 4.31 Å². The summed E-state index contributed by atoms with van der Waals surface area (Å²) in [6.07, 6.45) is 1.10. The highest BCUT2D eigenvalue weighted by molar-refractivity contribution is 7.89. The topological polar surface area (TPSA) is 37.4 Å². The van der Waals surface area contributed by atoms with Gasteiger partial charge < -0.3 is 0 Å². The van der Waals surface area contributed by atoms with Gasteiger partial charge in [0.1, 0.15) is 0 Å². The number of nitrogens with zero attached hydrogens (tertiary/aromatic N) is 1. The van der Waals surface area contributed by atoms with Crippen molar-refractivity contribution in [3.63, 3.8) is 0 Å². The standard InChI is InChI=1S/C8H14ClF2NO2S/c1-6(9)7-2-4-12(5-3-7)15(13,14)8(10)11/h6-8H,2-5H2,1H3. The molecule has 0 aromatic rings. The molecule has 1 fully saturated rings. The molecule has 1 rings (SSSR count). The molecular weight excluding hydrogens is 248 g/mol. The third-order valence-corrected chi connectivity index (χ3v) is 4.62. The third kappa shape index (κ3) is 3.01. The number of alkyl halides is 3. The molecule has 1 aliphatic heterocycles. The van der Waals surface area contributed by atoms with E-state index >= 15 is 0 Å². The van der Waals surface area contributed by atoms with Crippen molar-refractivity contribution in [3.05, 3.63) is 0 Å². The van der Waals surface area contributed by atoms with Crippen LogP contribution in [0.15, 0.2) is 0 Å². The van der Waals surface area contributed by atoms with E-state index in [0.717, 1.165) is 4.31 Å². The molecule has 0 N–H and O–H groups in total. The van der Waals surface area contributed by atoms with E-state index in [-0.39, 0.29) is 24.4 Å². The molecule has 1 heterocycles. The van der Waals surface area contributed by atoms with Gasteiger partial charge in [-0.2, -0.15) is 13.1 Å². The minimum Gasteiger partial charge on any atom is -0.206 e. The van der Waals surface area contributed by atoms with Crippen LogP contribution in [0.1, 0.15) is 19.8 Å². The Morgan fingerprint density at radius 2 is 1.80 bits per heavy atom. The van der Waals surface area contributed by atoms with Gasteiger partial charge in [-0.25, -0.2) is 8.42 Å². The maximum Gasteiger partial charge on any atom is 0.350 e. The number of hydrogen-bond donors (Lipinski definition) is 0. The van der Waals surface area contributed by atoms with E-state index in [1.54, 1.807) is 0 Å². The van der Waals surface area contributed by atoms with Crippen molar-refractivity contribution in [2.24, 2.45) is 5.92 Å². The number of halogens is 3. The Hall–Kier alpha value is 0.0600. The summed E-state index contributed by atoms with van der Waals surface area (Å²) in [6, 6.07) is 0. The van der Waals surface area contributed by atoms with E-state index in [4.69, 9.17) is 11.6 Å². The molecule has 0 aromatic heterocycles. The molecule has 0 saturated carbocycles. The van der Waals surface area contributed by atoms with Crippen LogP contribution < -0.4 is 0 Å². The molecule has 0 radical (unpaired) electrons. The summed E-state index contributed by atoms with van der Waals surface area (Å²) in [5.74, 6) is -3.10. The molecular formula is C8H14ClF2NO2S. The molecule has 15 heavy (non-hydrogen) atoms. The van der Waals surface area contributed by atoms with E-state index in [0.29, 0.717) is 12.8 Å². The SMILES string of the molecule is CC(Cl)C1CCN(S(=O)(=O)C(F)F)CC1. The fourth-order valence-electron chi connectivity index (χ4n) is 1.70. The number of piperidine rings is 1. The van der Waals surface area contributed by atoms with Gasteiger partial charge >= 0.3 is 5.76 Å². The third-order valence-electron chi connectivity index (χ3n) is 2.73. The molecule has 0 amide bonds. The summed E-state index contributed by atoms with van der Waals surface area (Å²) in [5.41, 5.74) is 0. The van der Waals surface area contributed by atoms with Crippen molar-refractivity contribution in [3.8, 4) is 0 Å². The van der Waals surface area contributed by atoms with Crippen LogP contribution in [0.4, 0.5) is 8.78 Å². The van der Waals surface area contributed by atoms with Gasteiger partial charge in [0.05, 0.1) is 0 Å². The van der Waals surface area contributed by atoms with Gasteiger partial charge in [-0.1, -0.05) is 0 Å². The van der Waals surface area contributed by atoms with Crippen LogP contribution >= 0.6 is 11.6 Å². The average Bonchev–Trinajstić information content (AvgIpc) is 2.17. The zero-order valence-corrected chi connectivity index (χ0v) is 9.94. The number of sulfonamides is 1. The highest BCUT2D eigenvalue weighted by atomic mass is 35.5. The number of hydrogen-bond acceptors (Lipinski definition) is 2. The Labute approximate surface area is 93.4 Å². The van der Waals surface area contributed by atoms with Gasteiger partial charge in [-0.15, -0.1) is 11.6 Å². The molecule has 1 unspecified atom stereocenters. The predicted octanol–water partition coefficient (Wildman–Crippen LogP) is 1.88. The molecule has 0 bridgehead atoms. The van der Waals surface area contributed by atoms with Gasteiger partial charge in [0.15, 0.2) is 0 Å². The maximum atomic E-state index is 12.2. The summed E-state index contributed by atoms with van der Waals surface area (Å²) in [4.78, 5) is 0. The van der Waals surface area contributed by atoms with Crippen molar-refractivity contribution >= 4 is 21.6 Å². The van der Waals surface area contributed by atoms with E-state index < -0.39 is 15.8 Å². The molecule has 0 aliphatic carbocycles. The second kappa shape index (κ2) is 4.93. The van der Waals surface area contributed by atoms with Crippen LogP contribution in [0, 0.1) is 5.92 Å². The number of rotatable bonds is 3. The molecule has 0 spiro atoms. The van der Waals surface area contributed by atoms with E-state index in [1.807, 2.05) is 6.92 Å². The second-order valence-electron chi connectivity index (χ2n) is 3.72. The maximum absolute atomic E-state index is 12.2. The molecule has 0 aromatic carbocycles. The zero-order chi connectivity index (χ0) is 11.6. The van der Waals surface area contributed by atoms with Crippen molar-refractivity contribution in [2.75, 3.05) is 13.1 Å². The fourth-order valence-corrected chi connectivity index (χ4v) is 2.90. The van der Waals surface area contributed by atoms with E-state index in [9.17, 15) is 17.2 Å². The lowest BCUT2D eigenvalue weighted by atomic mass is 9.95. The summed E-state index contributed by atoms with van der Waals surface area (Å²) in [6.45, 7) is 2.13. The van der Waals surface area contributed by atoms with Crippen LogP contribution in [0.5, 0.6) is 0 Å². The molecule has 90 valence electrons. The molecule has 1 saturated heterocycles.